The van der Waals surface area contributed by atoms with Crippen LogP contribution in [0, 0.1) is 0 Å². The molecule has 3 nitrogen and oxygen atoms in total. The molecule has 4 heteroatoms. The van der Waals surface area contributed by atoms with Crippen LogP contribution in [0.2, 0.25) is 5.15 Å². The largest absolute Gasteiger partial charge is 0.397 e. The summed E-state index contributed by atoms with van der Waals surface area (Å²) >= 11 is 5.70. The molecule has 1 rings (SSSR count). The van der Waals surface area contributed by atoms with Crippen LogP contribution in [0.25, 0.3) is 0 Å². The Hall–Kier alpha value is -0.800. The number of nitrogen functional groups attached to an aromatic ring is 1. The molecule has 0 spiro atoms. The molecule has 0 aliphatic carbocycles. The number of nitrogens with two attached hydrogens (primary N) is 1. The summed E-state index contributed by atoms with van der Waals surface area (Å²) < 4.78 is 0. The van der Waals surface area contributed by atoms with Crippen molar-refractivity contribution in [3.8, 4) is 0 Å². The van der Waals surface area contributed by atoms with Crippen molar-refractivity contribution in [1.82, 2.24) is 4.98 Å². The number of hydrogen-bond acceptors (Lipinski definition) is 3. The number of rotatable bonds is 3. The summed E-state index contributed by atoms with van der Waals surface area (Å²) in [5.41, 5.74) is 7.25. The highest BCUT2D eigenvalue weighted by molar-refractivity contribution is 6.29. The lowest BCUT2D eigenvalue weighted by molar-refractivity contribution is 0.185. The molecule has 0 aliphatic heterocycles. The summed E-state index contributed by atoms with van der Waals surface area (Å²) in [6.45, 7) is 1.75. The molecule has 0 fully saturated rings. The Morgan fingerprint density at radius 2 is 2.38 bits per heavy atom. The molecular formula is C9H13ClN2O. The maximum atomic E-state index is 9.08. The van der Waals surface area contributed by atoms with E-state index in [9.17, 15) is 0 Å². The fourth-order valence-electron chi connectivity index (χ4n) is 1.06. The molecule has 0 aromatic carbocycles. The van der Waals surface area contributed by atoms with E-state index in [2.05, 4.69) is 4.98 Å². The second-order valence-corrected chi connectivity index (χ2v) is 3.48. The third-order valence-electron chi connectivity index (χ3n) is 1.82. The molecule has 3 N–H and O–H groups in total. The van der Waals surface area contributed by atoms with Crippen LogP contribution in [0.4, 0.5) is 5.69 Å². The maximum Gasteiger partial charge on any atom is 0.129 e. The highest BCUT2D eigenvalue weighted by atomic mass is 35.5. The highest BCUT2D eigenvalue weighted by Crippen LogP contribution is 2.17. The second-order valence-electron chi connectivity index (χ2n) is 3.09. The monoisotopic (exact) mass is 200 g/mol. The van der Waals surface area contributed by atoms with E-state index in [1.54, 1.807) is 19.2 Å². The van der Waals surface area contributed by atoms with E-state index >= 15 is 0 Å². The van der Waals surface area contributed by atoms with E-state index in [1.807, 2.05) is 0 Å². The summed E-state index contributed by atoms with van der Waals surface area (Å²) in [4.78, 5) is 3.84. The van der Waals surface area contributed by atoms with Gasteiger partial charge in [-0.1, -0.05) is 11.6 Å². The van der Waals surface area contributed by atoms with E-state index < -0.39 is 0 Å². The minimum atomic E-state index is -0.314. The van der Waals surface area contributed by atoms with E-state index in [-0.39, 0.29) is 6.10 Å². The fraction of sp³-hybridized carbons (Fsp3) is 0.444. The van der Waals surface area contributed by atoms with Crippen molar-refractivity contribution >= 4 is 17.3 Å². The molecule has 72 valence electrons. The molecule has 0 radical (unpaired) electrons. The first-order chi connectivity index (χ1) is 6.09. The van der Waals surface area contributed by atoms with Gasteiger partial charge in [0.2, 0.25) is 0 Å². The van der Waals surface area contributed by atoms with Crippen LogP contribution in [0.15, 0.2) is 12.3 Å². The van der Waals surface area contributed by atoms with Crippen molar-refractivity contribution in [3.63, 3.8) is 0 Å². The molecule has 0 bridgehead atoms. The van der Waals surface area contributed by atoms with Crippen LogP contribution in [0.5, 0.6) is 0 Å². The van der Waals surface area contributed by atoms with Crippen molar-refractivity contribution in [2.45, 2.75) is 25.9 Å². The predicted octanol–water partition coefficient (Wildman–Crippen LogP) is 1.63. The Morgan fingerprint density at radius 1 is 1.69 bits per heavy atom. The summed E-state index contributed by atoms with van der Waals surface area (Å²) in [6, 6.07) is 1.74. The van der Waals surface area contributed by atoms with Gasteiger partial charge in [-0.3, -0.25) is 0 Å². The van der Waals surface area contributed by atoms with E-state index in [1.165, 1.54) is 0 Å². The second kappa shape index (κ2) is 4.44. The first kappa shape index (κ1) is 10.3. The first-order valence-electron chi connectivity index (χ1n) is 4.17. The topological polar surface area (TPSA) is 59.1 Å². The van der Waals surface area contributed by atoms with Crippen LogP contribution in [-0.2, 0) is 6.42 Å². The van der Waals surface area contributed by atoms with Crippen molar-refractivity contribution in [3.05, 3.63) is 23.0 Å². The maximum absolute atomic E-state index is 9.08. The minimum Gasteiger partial charge on any atom is -0.397 e. The molecule has 13 heavy (non-hydrogen) atoms. The molecule has 0 saturated carbocycles. The number of halogens is 1. The van der Waals surface area contributed by atoms with Crippen molar-refractivity contribution in [2.24, 2.45) is 0 Å². The van der Waals surface area contributed by atoms with Gasteiger partial charge in [0.25, 0.3) is 0 Å². The standard InChI is InChI=1S/C9H13ClN2O/c1-6(13)2-3-7-4-9(10)12-5-8(7)11/h4-6,13H,2-3,11H2,1H3. The number of nitrogens with zero attached hydrogens (tertiary/aromatic N) is 1. The Labute approximate surface area is 82.5 Å². The van der Waals surface area contributed by atoms with Gasteiger partial charge in [-0.15, -0.1) is 0 Å². The SMILES string of the molecule is CC(O)CCc1cc(Cl)ncc1N. The van der Waals surface area contributed by atoms with Crippen molar-refractivity contribution in [2.75, 3.05) is 5.73 Å². The zero-order valence-corrected chi connectivity index (χ0v) is 8.25. The van der Waals surface area contributed by atoms with E-state index in [0.717, 1.165) is 12.0 Å². The summed E-state index contributed by atoms with van der Waals surface area (Å²) in [5, 5.41) is 9.52. The number of anilines is 1. The van der Waals surface area contributed by atoms with Gasteiger partial charge in [0.05, 0.1) is 18.0 Å². The van der Waals surface area contributed by atoms with Gasteiger partial charge in [0.1, 0.15) is 5.15 Å². The fourth-order valence-corrected chi connectivity index (χ4v) is 1.24. The first-order valence-corrected chi connectivity index (χ1v) is 4.55. The van der Waals surface area contributed by atoms with Crippen molar-refractivity contribution < 1.29 is 5.11 Å². The summed E-state index contributed by atoms with van der Waals surface area (Å²) in [5.74, 6) is 0. The molecule has 1 aromatic rings. The third-order valence-corrected chi connectivity index (χ3v) is 2.03. The lowest BCUT2D eigenvalue weighted by atomic mass is 10.1. The average molecular weight is 201 g/mol. The Balaban J connectivity index is 2.70. The van der Waals surface area contributed by atoms with Gasteiger partial charge >= 0.3 is 0 Å². The Kier molecular flexibility index (Phi) is 3.51. The van der Waals surface area contributed by atoms with Gasteiger partial charge in [-0.05, 0) is 31.4 Å². The number of pyridine rings is 1. The lowest BCUT2D eigenvalue weighted by Gasteiger charge is -2.06. The summed E-state index contributed by atoms with van der Waals surface area (Å²) in [6.07, 6.45) is 2.64. The van der Waals surface area contributed by atoms with E-state index in [4.69, 9.17) is 22.4 Å². The van der Waals surface area contributed by atoms with Crippen LogP contribution >= 0.6 is 11.6 Å². The van der Waals surface area contributed by atoms with Gasteiger partial charge in [0.15, 0.2) is 0 Å². The molecule has 0 aliphatic rings. The molecule has 1 atom stereocenters. The molecular weight excluding hydrogens is 188 g/mol. The number of aliphatic hydroxyl groups excluding tert-OH is 1. The van der Waals surface area contributed by atoms with Crippen LogP contribution in [-0.4, -0.2) is 16.2 Å². The zero-order valence-electron chi connectivity index (χ0n) is 7.50. The quantitative estimate of drug-likeness (QED) is 0.730. The number of aryl methyl sites for hydroxylation is 1. The molecule has 1 unspecified atom stereocenters. The molecule has 0 amide bonds. The normalized spacial score (nSPS) is 12.8. The lowest BCUT2D eigenvalue weighted by Crippen LogP contribution is -2.03. The van der Waals surface area contributed by atoms with Crippen LogP contribution in [0.3, 0.4) is 0 Å². The summed E-state index contributed by atoms with van der Waals surface area (Å²) in [7, 11) is 0. The molecule has 0 saturated heterocycles. The smallest absolute Gasteiger partial charge is 0.129 e. The number of aliphatic hydroxyl groups is 1. The molecule has 1 aromatic heterocycles. The highest BCUT2D eigenvalue weighted by Gasteiger charge is 2.03. The van der Waals surface area contributed by atoms with Crippen molar-refractivity contribution in [1.29, 1.82) is 0 Å². The zero-order chi connectivity index (χ0) is 9.84. The number of hydrogen-bond donors (Lipinski definition) is 2. The van der Waals surface area contributed by atoms with Gasteiger partial charge in [0, 0.05) is 0 Å². The minimum absolute atomic E-state index is 0.314. The Morgan fingerprint density at radius 3 is 3.00 bits per heavy atom. The molecule has 1 heterocycles. The van der Waals surface area contributed by atoms with Gasteiger partial charge in [-0.2, -0.15) is 0 Å². The number of aromatic nitrogens is 1. The van der Waals surface area contributed by atoms with E-state index in [0.29, 0.717) is 17.3 Å². The van der Waals surface area contributed by atoms with Crippen LogP contribution < -0.4 is 5.73 Å². The Bertz CT molecular complexity index is 289. The van der Waals surface area contributed by atoms with Gasteiger partial charge < -0.3 is 10.8 Å². The third kappa shape index (κ3) is 3.20. The average Bonchev–Trinajstić information content (AvgIpc) is 2.06. The predicted molar refractivity (Wildman–Crippen MR) is 53.7 cm³/mol. The van der Waals surface area contributed by atoms with Crippen LogP contribution in [0.1, 0.15) is 18.9 Å². The van der Waals surface area contributed by atoms with Gasteiger partial charge in [-0.25, -0.2) is 4.98 Å².